The van der Waals surface area contributed by atoms with Crippen molar-refractivity contribution >= 4 is 11.6 Å². The number of aryl methyl sites for hydroxylation is 2. The maximum Gasteiger partial charge on any atom is 0.223 e. The van der Waals surface area contributed by atoms with Crippen LogP contribution in [-0.2, 0) is 11.4 Å². The number of nitrogens with zero attached hydrogens (tertiary/aromatic N) is 2. The van der Waals surface area contributed by atoms with E-state index in [0.717, 1.165) is 30.3 Å². The Labute approximate surface area is 131 Å². The summed E-state index contributed by atoms with van der Waals surface area (Å²) in [7, 11) is 0. The van der Waals surface area contributed by atoms with Crippen LogP contribution >= 0.6 is 0 Å². The molecule has 4 heteroatoms. The van der Waals surface area contributed by atoms with Gasteiger partial charge >= 0.3 is 0 Å². The van der Waals surface area contributed by atoms with Crippen molar-refractivity contribution in [3.8, 4) is 0 Å². The molecule has 0 unspecified atom stereocenters. The number of guanidine groups is 1. The van der Waals surface area contributed by atoms with E-state index in [4.69, 9.17) is 4.84 Å². The topological polar surface area (TPSA) is 36.9 Å². The zero-order chi connectivity index (χ0) is 15.4. The van der Waals surface area contributed by atoms with Crippen molar-refractivity contribution in [3.05, 3.63) is 65.2 Å². The van der Waals surface area contributed by atoms with E-state index in [1.807, 2.05) is 29.3 Å². The molecule has 3 rings (SSSR count). The van der Waals surface area contributed by atoms with Crippen LogP contribution in [0.3, 0.4) is 0 Å². The van der Waals surface area contributed by atoms with Crippen molar-refractivity contribution in [2.45, 2.75) is 20.5 Å². The number of hydrogen-bond donors (Lipinski definition) is 1. The second-order valence-electron chi connectivity index (χ2n) is 5.49. The molecule has 114 valence electrons. The lowest BCUT2D eigenvalue weighted by atomic mass is 10.1. The lowest BCUT2D eigenvalue weighted by molar-refractivity contribution is -0.102. The summed E-state index contributed by atoms with van der Waals surface area (Å²) in [5.41, 5.74) is 4.62. The van der Waals surface area contributed by atoms with E-state index in [9.17, 15) is 0 Å². The van der Waals surface area contributed by atoms with Gasteiger partial charge in [0.1, 0.15) is 6.61 Å². The van der Waals surface area contributed by atoms with Crippen molar-refractivity contribution in [3.63, 3.8) is 0 Å². The highest BCUT2D eigenvalue weighted by atomic mass is 16.7. The Morgan fingerprint density at radius 2 is 1.91 bits per heavy atom. The number of rotatable bonds is 4. The fraction of sp³-hybridized carbons (Fsp3) is 0.278. The fourth-order valence-electron chi connectivity index (χ4n) is 2.33. The van der Waals surface area contributed by atoms with Gasteiger partial charge in [-0.3, -0.25) is 4.84 Å². The smallest absolute Gasteiger partial charge is 0.223 e. The zero-order valence-electron chi connectivity index (χ0n) is 13.0. The highest BCUT2D eigenvalue weighted by Crippen LogP contribution is 2.18. The molecule has 0 radical (unpaired) electrons. The summed E-state index contributed by atoms with van der Waals surface area (Å²) < 4.78 is 0. The monoisotopic (exact) mass is 295 g/mol. The van der Waals surface area contributed by atoms with Crippen molar-refractivity contribution in [2.24, 2.45) is 4.99 Å². The standard InChI is InChI=1S/C18H21N3O/c1-14-8-9-17(12-15(14)2)20-18-19-10-11-21(18)22-13-16-6-4-3-5-7-16/h3-9,12H,10-11,13H2,1-2H3,(H,19,20). The van der Waals surface area contributed by atoms with Gasteiger partial charge in [0.05, 0.1) is 12.2 Å². The second-order valence-corrected chi connectivity index (χ2v) is 5.49. The quantitative estimate of drug-likeness (QED) is 0.940. The summed E-state index contributed by atoms with van der Waals surface area (Å²) >= 11 is 0. The van der Waals surface area contributed by atoms with Crippen LogP contribution in [0, 0.1) is 13.8 Å². The van der Waals surface area contributed by atoms with E-state index < -0.39 is 0 Å². The molecule has 22 heavy (non-hydrogen) atoms. The lowest BCUT2D eigenvalue weighted by Gasteiger charge is -2.17. The van der Waals surface area contributed by atoms with Crippen molar-refractivity contribution in [1.29, 1.82) is 0 Å². The summed E-state index contributed by atoms with van der Waals surface area (Å²) in [6.45, 7) is 6.41. The Bertz CT molecular complexity index is 667. The van der Waals surface area contributed by atoms with Crippen LogP contribution in [0.2, 0.25) is 0 Å². The maximum absolute atomic E-state index is 5.87. The SMILES string of the molecule is Cc1ccc(/N=C2\NCCN2OCc2ccccc2)cc1C. The highest BCUT2D eigenvalue weighted by Gasteiger charge is 2.19. The lowest BCUT2D eigenvalue weighted by Crippen LogP contribution is -2.29. The number of aliphatic imine (C=N–C) groups is 1. The van der Waals surface area contributed by atoms with E-state index in [0.29, 0.717) is 6.61 Å². The van der Waals surface area contributed by atoms with Crippen LogP contribution in [0.1, 0.15) is 16.7 Å². The second kappa shape index (κ2) is 6.62. The average Bonchev–Trinajstić information content (AvgIpc) is 2.97. The number of benzene rings is 2. The Balaban J connectivity index is 1.69. The molecule has 0 aliphatic carbocycles. The minimum absolute atomic E-state index is 0.550. The van der Waals surface area contributed by atoms with E-state index in [1.165, 1.54) is 11.1 Å². The molecule has 1 aliphatic rings. The minimum Gasteiger partial charge on any atom is -0.352 e. The molecule has 0 amide bonds. The molecule has 2 aromatic carbocycles. The number of nitrogens with one attached hydrogen (secondary N) is 1. The molecule has 0 spiro atoms. The first kappa shape index (κ1) is 14.6. The van der Waals surface area contributed by atoms with Crippen LogP contribution < -0.4 is 5.32 Å². The predicted molar refractivity (Wildman–Crippen MR) is 89.0 cm³/mol. The molecular formula is C18H21N3O. The third kappa shape index (κ3) is 3.46. The molecule has 0 bridgehead atoms. The molecule has 0 aromatic heterocycles. The van der Waals surface area contributed by atoms with E-state index >= 15 is 0 Å². The molecule has 2 aromatic rings. The van der Waals surface area contributed by atoms with Gasteiger partial charge in [-0.05, 0) is 42.7 Å². The molecule has 1 saturated heterocycles. The largest absolute Gasteiger partial charge is 0.352 e. The highest BCUT2D eigenvalue weighted by molar-refractivity contribution is 5.83. The molecule has 1 aliphatic heterocycles. The van der Waals surface area contributed by atoms with E-state index in [1.54, 1.807) is 0 Å². The molecular weight excluding hydrogens is 274 g/mol. The van der Waals surface area contributed by atoms with Crippen LogP contribution in [0.5, 0.6) is 0 Å². The van der Waals surface area contributed by atoms with Gasteiger partial charge in [0.2, 0.25) is 5.96 Å². The Morgan fingerprint density at radius 1 is 1.09 bits per heavy atom. The third-order valence-electron chi connectivity index (χ3n) is 3.79. The fourth-order valence-corrected chi connectivity index (χ4v) is 2.33. The van der Waals surface area contributed by atoms with Crippen molar-refractivity contribution in [2.75, 3.05) is 13.1 Å². The summed E-state index contributed by atoms with van der Waals surface area (Å²) in [6.07, 6.45) is 0. The zero-order valence-corrected chi connectivity index (χ0v) is 13.0. The normalized spacial score (nSPS) is 16.1. The summed E-state index contributed by atoms with van der Waals surface area (Å²) in [6, 6.07) is 16.4. The molecule has 0 saturated carbocycles. The Hall–Kier alpha value is -2.33. The first-order chi connectivity index (χ1) is 10.7. The summed E-state index contributed by atoms with van der Waals surface area (Å²) in [5.74, 6) is 0.777. The van der Waals surface area contributed by atoms with Gasteiger partial charge in [-0.1, -0.05) is 36.4 Å². The number of hydroxylamine groups is 2. The first-order valence-corrected chi connectivity index (χ1v) is 7.56. The van der Waals surface area contributed by atoms with Gasteiger partial charge in [-0.2, -0.15) is 0 Å². The maximum atomic E-state index is 5.87. The predicted octanol–water partition coefficient (Wildman–Crippen LogP) is 3.33. The van der Waals surface area contributed by atoms with Crippen LogP contribution in [0.15, 0.2) is 53.5 Å². The average molecular weight is 295 g/mol. The number of hydrogen-bond acceptors (Lipinski definition) is 2. The van der Waals surface area contributed by atoms with Crippen LogP contribution in [-0.4, -0.2) is 24.1 Å². The third-order valence-corrected chi connectivity index (χ3v) is 3.79. The Kier molecular flexibility index (Phi) is 4.39. The van der Waals surface area contributed by atoms with Crippen LogP contribution in [0.25, 0.3) is 0 Å². The molecule has 1 N–H and O–H groups in total. The molecule has 1 heterocycles. The van der Waals surface area contributed by atoms with E-state index in [-0.39, 0.29) is 0 Å². The van der Waals surface area contributed by atoms with Crippen molar-refractivity contribution in [1.82, 2.24) is 10.4 Å². The van der Waals surface area contributed by atoms with Gasteiger partial charge in [0, 0.05) is 6.54 Å². The van der Waals surface area contributed by atoms with Crippen molar-refractivity contribution < 1.29 is 4.84 Å². The summed E-state index contributed by atoms with van der Waals surface area (Å²) in [5, 5.41) is 5.11. The van der Waals surface area contributed by atoms with Gasteiger partial charge < -0.3 is 5.32 Å². The molecule has 1 fully saturated rings. The van der Waals surface area contributed by atoms with Gasteiger partial charge in [-0.15, -0.1) is 0 Å². The Morgan fingerprint density at radius 3 is 2.68 bits per heavy atom. The summed E-state index contributed by atoms with van der Waals surface area (Å²) in [4.78, 5) is 10.5. The minimum atomic E-state index is 0.550. The van der Waals surface area contributed by atoms with E-state index in [2.05, 4.69) is 48.4 Å². The van der Waals surface area contributed by atoms with Gasteiger partial charge in [-0.25, -0.2) is 10.1 Å². The first-order valence-electron chi connectivity index (χ1n) is 7.56. The van der Waals surface area contributed by atoms with Gasteiger partial charge in [0.25, 0.3) is 0 Å². The van der Waals surface area contributed by atoms with Crippen LogP contribution in [0.4, 0.5) is 5.69 Å². The molecule has 4 nitrogen and oxygen atoms in total. The van der Waals surface area contributed by atoms with Gasteiger partial charge in [0.15, 0.2) is 0 Å². The molecule has 0 atom stereocenters.